The Hall–Kier alpha value is -0.586. The van der Waals surface area contributed by atoms with Crippen molar-refractivity contribution in [1.82, 2.24) is 5.32 Å². The maximum Gasteiger partial charge on any atom is 0.220 e. The van der Waals surface area contributed by atoms with Crippen LogP contribution in [0.15, 0.2) is 0 Å². The minimum absolute atomic E-state index is 0.00916. The van der Waals surface area contributed by atoms with Crippen LogP contribution in [0.5, 0.6) is 0 Å². The van der Waals surface area contributed by atoms with Crippen LogP contribution in [-0.4, -0.2) is 65.1 Å². The normalized spacial score (nSPS) is 34.6. The fraction of sp³-hybridized carbons (Fsp3) is 0.913. The SMILES string of the molecule is CC(C)(C)[Si](C)(C)O[C@H]1[C@@H]2OC[C@@H](O2)[C@]2(O[Si](C)(C)C(C)(C)C)C(=O)CCCC(=O)N[C@H]12. The molecule has 0 aliphatic carbocycles. The lowest BCUT2D eigenvalue weighted by atomic mass is 9.77. The van der Waals surface area contributed by atoms with Crippen LogP contribution in [0.3, 0.4) is 0 Å². The van der Waals surface area contributed by atoms with Gasteiger partial charge in [0.15, 0.2) is 34.3 Å². The summed E-state index contributed by atoms with van der Waals surface area (Å²) in [6.07, 6.45) is -0.673. The Kier molecular flexibility index (Phi) is 6.72. The van der Waals surface area contributed by atoms with Gasteiger partial charge in [-0.05, 0) is 42.7 Å². The highest BCUT2D eigenvalue weighted by atomic mass is 28.4. The standard InChI is InChI=1S/C23H43NO6Si2/c1-21(2,3)31(7,8)29-18-19-23(16-14-27-20(18)28-16,30-32(9,10)22(4,5)6)15(25)12-11-13-17(26)24-19/h16,18-20H,11-14H2,1-10H3,(H,24,26)/t16-,18-,19-,20-,23-/m1/s1. The van der Waals surface area contributed by atoms with Crippen molar-refractivity contribution < 1.29 is 27.9 Å². The minimum Gasteiger partial charge on any atom is -0.406 e. The molecule has 0 saturated carbocycles. The quantitative estimate of drug-likeness (QED) is 0.603. The average molecular weight is 486 g/mol. The van der Waals surface area contributed by atoms with Crippen molar-refractivity contribution in [2.45, 2.75) is 127 Å². The van der Waals surface area contributed by atoms with Crippen LogP contribution in [0.4, 0.5) is 0 Å². The fourth-order valence-corrected chi connectivity index (χ4v) is 7.02. The molecule has 9 heteroatoms. The molecule has 5 atom stereocenters. The number of rotatable bonds is 4. The first kappa shape index (κ1) is 26.0. The molecule has 3 heterocycles. The molecule has 32 heavy (non-hydrogen) atoms. The fourth-order valence-electron chi connectivity index (χ4n) is 4.22. The molecule has 0 aromatic rings. The Morgan fingerprint density at radius 2 is 1.56 bits per heavy atom. The molecule has 0 aromatic heterocycles. The van der Waals surface area contributed by atoms with E-state index in [1.165, 1.54) is 0 Å². The van der Waals surface area contributed by atoms with Crippen LogP contribution in [0, 0.1) is 0 Å². The third-order valence-corrected chi connectivity index (χ3v) is 17.2. The Morgan fingerprint density at radius 3 is 2.12 bits per heavy atom. The van der Waals surface area contributed by atoms with Crippen molar-refractivity contribution >= 4 is 28.3 Å². The van der Waals surface area contributed by atoms with Gasteiger partial charge in [-0.1, -0.05) is 41.5 Å². The predicted molar refractivity (Wildman–Crippen MR) is 128 cm³/mol. The van der Waals surface area contributed by atoms with Gasteiger partial charge in [0.25, 0.3) is 0 Å². The van der Waals surface area contributed by atoms with Gasteiger partial charge in [-0.2, -0.15) is 0 Å². The number of hydrogen-bond donors (Lipinski definition) is 1. The van der Waals surface area contributed by atoms with Gasteiger partial charge in [0.05, 0.1) is 12.6 Å². The third kappa shape index (κ3) is 4.41. The summed E-state index contributed by atoms with van der Waals surface area (Å²) in [6.45, 7) is 21.8. The van der Waals surface area contributed by atoms with E-state index < -0.39 is 46.8 Å². The predicted octanol–water partition coefficient (Wildman–Crippen LogP) is 4.13. The van der Waals surface area contributed by atoms with E-state index in [0.717, 1.165) is 0 Å². The molecule has 1 N–H and O–H groups in total. The van der Waals surface area contributed by atoms with E-state index in [0.29, 0.717) is 12.8 Å². The number of hydrogen-bond acceptors (Lipinski definition) is 6. The molecule has 0 unspecified atom stereocenters. The Labute approximate surface area is 195 Å². The van der Waals surface area contributed by atoms with E-state index in [1.54, 1.807) is 0 Å². The summed E-state index contributed by atoms with van der Waals surface area (Å²) in [7, 11) is -4.71. The van der Waals surface area contributed by atoms with Crippen LogP contribution in [0.2, 0.25) is 36.3 Å². The number of ketones is 1. The van der Waals surface area contributed by atoms with E-state index in [4.69, 9.17) is 18.3 Å². The van der Waals surface area contributed by atoms with Crippen molar-refractivity contribution in [1.29, 1.82) is 0 Å². The molecule has 3 saturated heterocycles. The van der Waals surface area contributed by atoms with E-state index in [1.807, 2.05) is 0 Å². The summed E-state index contributed by atoms with van der Waals surface area (Å²) in [5.74, 6) is -0.0825. The molecule has 1 amide bonds. The van der Waals surface area contributed by atoms with Gasteiger partial charge in [-0.3, -0.25) is 9.59 Å². The Morgan fingerprint density at radius 1 is 0.969 bits per heavy atom. The van der Waals surface area contributed by atoms with Gasteiger partial charge >= 0.3 is 0 Å². The third-order valence-electron chi connectivity index (χ3n) is 8.27. The summed E-state index contributed by atoms with van der Waals surface area (Å²) < 4.78 is 26.2. The smallest absolute Gasteiger partial charge is 0.220 e. The molecule has 3 rings (SSSR count). The molecule has 0 spiro atoms. The number of Topliss-reactive ketones (excluding diaryl/α,β-unsaturated/α-hetero) is 1. The van der Waals surface area contributed by atoms with Crippen molar-refractivity contribution in [3.05, 3.63) is 0 Å². The first-order chi connectivity index (χ1) is 14.4. The zero-order valence-corrected chi connectivity index (χ0v) is 23.6. The monoisotopic (exact) mass is 485 g/mol. The van der Waals surface area contributed by atoms with Crippen molar-refractivity contribution in [2.24, 2.45) is 0 Å². The molecule has 3 aliphatic rings. The van der Waals surface area contributed by atoms with Crippen LogP contribution < -0.4 is 5.32 Å². The maximum atomic E-state index is 13.9. The zero-order chi connectivity index (χ0) is 24.3. The highest BCUT2D eigenvalue weighted by molar-refractivity contribution is 6.74. The largest absolute Gasteiger partial charge is 0.406 e. The number of ether oxygens (including phenoxy) is 2. The number of fused-ring (bicyclic) bond motifs is 4. The minimum atomic E-state index is -2.43. The summed E-state index contributed by atoms with van der Waals surface area (Å²) in [5.41, 5.74) is -1.31. The molecule has 0 radical (unpaired) electrons. The molecule has 3 fully saturated rings. The van der Waals surface area contributed by atoms with E-state index in [2.05, 4.69) is 73.0 Å². The number of nitrogens with one attached hydrogen (secondary N) is 1. The second-order valence-electron chi connectivity index (χ2n) is 12.6. The van der Waals surface area contributed by atoms with Crippen LogP contribution >= 0.6 is 0 Å². The number of amides is 1. The van der Waals surface area contributed by atoms with E-state index in [-0.39, 0.29) is 34.8 Å². The van der Waals surface area contributed by atoms with Gasteiger partial charge in [0, 0.05) is 12.8 Å². The van der Waals surface area contributed by atoms with Crippen LogP contribution in [-0.2, 0) is 27.9 Å². The van der Waals surface area contributed by atoms with Crippen molar-refractivity contribution in [3.8, 4) is 0 Å². The number of carbonyl (C=O) groups is 2. The lowest BCUT2D eigenvalue weighted by molar-refractivity contribution is -0.220. The van der Waals surface area contributed by atoms with Gasteiger partial charge in [0.2, 0.25) is 5.91 Å². The molecule has 7 nitrogen and oxygen atoms in total. The first-order valence-corrected chi connectivity index (χ1v) is 17.7. The van der Waals surface area contributed by atoms with Crippen LogP contribution in [0.25, 0.3) is 0 Å². The summed E-state index contributed by atoms with van der Waals surface area (Å²) in [5, 5.41) is 2.99. The van der Waals surface area contributed by atoms with Crippen molar-refractivity contribution in [2.75, 3.05) is 6.61 Å². The van der Waals surface area contributed by atoms with Gasteiger partial charge in [0.1, 0.15) is 12.2 Å². The summed E-state index contributed by atoms with van der Waals surface area (Å²) in [6, 6.07) is -0.641. The lowest BCUT2D eigenvalue weighted by Crippen LogP contribution is -2.77. The second kappa shape index (κ2) is 8.27. The summed E-state index contributed by atoms with van der Waals surface area (Å²) in [4.78, 5) is 26.7. The van der Waals surface area contributed by atoms with Crippen LogP contribution in [0.1, 0.15) is 60.8 Å². The zero-order valence-electron chi connectivity index (χ0n) is 21.6. The Balaban J connectivity index is 2.14. The van der Waals surface area contributed by atoms with E-state index in [9.17, 15) is 9.59 Å². The van der Waals surface area contributed by atoms with Gasteiger partial charge in [-0.25, -0.2) is 0 Å². The Bertz CT molecular complexity index is 757. The topological polar surface area (TPSA) is 83.1 Å². The maximum absolute atomic E-state index is 13.9. The molecule has 3 aliphatic heterocycles. The highest BCUT2D eigenvalue weighted by Gasteiger charge is 2.68. The summed E-state index contributed by atoms with van der Waals surface area (Å²) >= 11 is 0. The molecule has 184 valence electrons. The number of carbonyl (C=O) groups excluding carboxylic acids is 2. The first-order valence-electron chi connectivity index (χ1n) is 11.9. The molecular formula is C23H43NO6Si2. The average Bonchev–Trinajstić information content (AvgIpc) is 3.06. The molecule has 2 bridgehead atoms. The van der Waals surface area contributed by atoms with E-state index >= 15 is 0 Å². The molecular weight excluding hydrogens is 442 g/mol. The van der Waals surface area contributed by atoms with Gasteiger partial charge in [-0.15, -0.1) is 0 Å². The highest BCUT2D eigenvalue weighted by Crippen LogP contribution is 2.49. The van der Waals surface area contributed by atoms with Gasteiger partial charge < -0.3 is 23.6 Å². The molecule has 0 aromatic carbocycles. The lowest BCUT2D eigenvalue weighted by Gasteiger charge is -2.55. The second-order valence-corrected chi connectivity index (χ2v) is 22.1. The van der Waals surface area contributed by atoms with Crippen molar-refractivity contribution in [3.63, 3.8) is 0 Å².